The first-order valence-electron chi connectivity index (χ1n) is 9.35. The van der Waals surface area contributed by atoms with Crippen LogP contribution in [0.25, 0.3) is 0 Å². The molecular weight excluding hydrogens is 466 g/mol. The van der Waals surface area contributed by atoms with E-state index in [2.05, 4.69) is 15.7 Å². The molecule has 1 aliphatic heterocycles. The summed E-state index contributed by atoms with van der Waals surface area (Å²) in [7, 11) is 0. The van der Waals surface area contributed by atoms with E-state index in [0.717, 1.165) is 4.68 Å². The zero-order valence-electron chi connectivity index (χ0n) is 16.1. The Morgan fingerprint density at radius 3 is 2.50 bits per heavy atom. The highest BCUT2D eigenvalue weighted by molar-refractivity contribution is 6.42. The maximum atomic E-state index is 13.8. The highest BCUT2D eigenvalue weighted by Gasteiger charge is 2.46. The van der Waals surface area contributed by atoms with E-state index in [9.17, 15) is 18.0 Å². The fourth-order valence-corrected chi connectivity index (χ4v) is 3.76. The van der Waals surface area contributed by atoms with Gasteiger partial charge in [-0.05, 0) is 42.0 Å². The van der Waals surface area contributed by atoms with Gasteiger partial charge >= 0.3 is 6.18 Å². The molecule has 164 valence electrons. The van der Waals surface area contributed by atoms with Crippen molar-refractivity contribution < 1.29 is 18.0 Å². The molecule has 0 unspecified atom stereocenters. The van der Waals surface area contributed by atoms with Gasteiger partial charge in [-0.1, -0.05) is 29.3 Å². The van der Waals surface area contributed by atoms with Gasteiger partial charge in [0.05, 0.1) is 27.7 Å². The lowest BCUT2D eigenvalue weighted by molar-refractivity contribution is -0.173. The first kappa shape index (κ1) is 22.0. The molecule has 6 nitrogen and oxygen atoms in total. The number of aromatic nitrogens is 2. The van der Waals surface area contributed by atoms with Crippen molar-refractivity contribution in [3.05, 3.63) is 75.4 Å². The number of hydrogen-bond acceptors (Lipinski definition) is 4. The lowest BCUT2D eigenvalue weighted by Crippen LogP contribution is -2.35. The van der Waals surface area contributed by atoms with Gasteiger partial charge in [0.15, 0.2) is 11.7 Å². The molecule has 4 rings (SSSR count). The van der Waals surface area contributed by atoms with Gasteiger partial charge in [-0.15, -0.1) is 0 Å². The van der Waals surface area contributed by atoms with Crippen LogP contribution in [0.4, 0.5) is 24.7 Å². The monoisotopic (exact) mass is 479 g/mol. The molecule has 1 aromatic heterocycles. The van der Waals surface area contributed by atoms with E-state index in [1.54, 1.807) is 6.07 Å². The second kappa shape index (κ2) is 8.37. The number of benzene rings is 2. The maximum Gasteiger partial charge on any atom is 0.410 e. The Hall–Kier alpha value is -3.22. The third kappa shape index (κ3) is 4.38. The zero-order valence-corrected chi connectivity index (χ0v) is 17.6. The van der Waals surface area contributed by atoms with Crippen LogP contribution in [0.3, 0.4) is 0 Å². The Kier molecular flexibility index (Phi) is 5.75. The van der Waals surface area contributed by atoms with E-state index >= 15 is 0 Å². The van der Waals surface area contributed by atoms with E-state index in [1.807, 2.05) is 6.07 Å². The minimum Gasteiger partial charge on any atom is -0.363 e. The van der Waals surface area contributed by atoms with Crippen LogP contribution in [0.5, 0.6) is 0 Å². The summed E-state index contributed by atoms with van der Waals surface area (Å²) >= 11 is 11.9. The molecule has 2 aromatic carbocycles. The number of hydrogen-bond donors (Lipinski definition) is 2. The summed E-state index contributed by atoms with van der Waals surface area (Å²) in [6.45, 7) is 0. The molecule has 0 spiro atoms. The number of nitrogens with one attached hydrogen (secondary N) is 2. The molecule has 2 heterocycles. The smallest absolute Gasteiger partial charge is 0.363 e. The molecule has 2 N–H and O–H groups in total. The molecule has 0 bridgehead atoms. The van der Waals surface area contributed by atoms with Crippen molar-refractivity contribution in [3.8, 4) is 6.07 Å². The average Bonchev–Trinajstić information content (AvgIpc) is 3.19. The molecule has 1 aliphatic rings. The third-order valence-electron chi connectivity index (χ3n) is 5.04. The number of amides is 1. The largest absolute Gasteiger partial charge is 0.410 e. The van der Waals surface area contributed by atoms with E-state index in [-0.39, 0.29) is 23.0 Å². The number of anilines is 2. The Labute approximate surface area is 190 Å². The lowest BCUT2D eigenvalue weighted by Gasteiger charge is -2.33. The van der Waals surface area contributed by atoms with Crippen molar-refractivity contribution in [2.75, 3.05) is 10.6 Å². The summed E-state index contributed by atoms with van der Waals surface area (Å²) in [6, 6.07) is 11.3. The first-order chi connectivity index (χ1) is 15.2. The van der Waals surface area contributed by atoms with E-state index in [1.165, 1.54) is 42.5 Å². The van der Waals surface area contributed by atoms with Gasteiger partial charge in [-0.2, -0.15) is 23.5 Å². The topological polar surface area (TPSA) is 82.7 Å². The Morgan fingerprint density at radius 2 is 1.88 bits per heavy atom. The quantitative estimate of drug-likeness (QED) is 0.484. The summed E-state index contributed by atoms with van der Waals surface area (Å²) in [6.07, 6.45) is -4.93. The fourth-order valence-electron chi connectivity index (χ4n) is 3.46. The van der Waals surface area contributed by atoms with Gasteiger partial charge < -0.3 is 10.6 Å². The molecule has 0 aliphatic carbocycles. The van der Waals surface area contributed by atoms with Gasteiger partial charge in [-0.3, -0.25) is 4.79 Å². The van der Waals surface area contributed by atoms with Gasteiger partial charge in [0.1, 0.15) is 5.82 Å². The molecule has 1 amide bonds. The number of nitrogens with zero attached hydrogens (tertiary/aromatic N) is 3. The van der Waals surface area contributed by atoms with Crippen LogP contribution in [0.15, 0.2) is 48.5 Å². The number of alkyl halides is 3. The fraction of sp³-hybridized carbons (Fsp3) is 0.190. The maximum absolute atomic E-state index is 13.8. The van der Waals surface area contributed by atoms with Crippen molar-refractivity contribution in [3.63, 3.8) is 0 Å². The first-order valence-corrected chi connectivity index (χ1v) is 10.1. The van der Waals surface area contributed by atoms with Gasteiger partial charge in [-0.25, -0.2) is 4.68 Å². The molecule has 32 heavy (non-hydrogen) atoms. The predicted molar refractivity (Wildman–Crippen MR) is 114 cm³/mol. The molecule has 2 atom stereocenters. The summed E-state index contributed by atoms with van der Waals surface area (Å²) < 4.78 is 42.2. The molecule has 3 aromatic rings. The van der Waals surface area contributed by atoms with Crippen molar-refractivity contribution in [2.45, 2.75) is 24.7 Å². The van der Waals surface area contributed by atoms with Crippen molar-refractivity contribution in [1.29, 1.82) is 5.26 Å². The normalized spacial score (nSPS) is 17.8. The van der Waals surface area contributed by atoms with E-state index in [0.29, 0.717) is 21.8 Å². The van der Waals surface area contributed by atoms with Crippen molar-refractivity contribution in [1.82, 2.24) is 9.78 Å². The van der Waals surface area contributed by atoms with Gasteiger partial charge in [0.25, 0.3) is 5.91 Å². The number of rotatable bonds is 3. The van der Waals surface area contributed by atoms with Crippen LogP contribution in [0, 0.1) is 11.3 Å². The Balaban J connectivity index is 1.63. The van der Waals surface area contributed by atoms with Crippen LogP contribution < -0.4 is 10.6 Å². The molecule has 0 saturated carbocycles. The third-order valence-corrected chi connectivity index (χ3v) is 5.78. The molecule has 11 heteroatoms. The summed E-state index contributed by atoms with van der Waals surface area (Å²) in [5.74, 6) is -0.620. The molecule has 0 radical (unpaired) electrons. The number of fused-ring (bicyclic) bond motifs is 1. The molecule has 0 saturated heterocycles. The minimum atomic E-state index is -4.59. The zero-order chi connectivity index (χ0) is 23.0. The Bertz CT molecular complexity index is 1220. The summed E-state index contributed by atoms with van der Waals surface area (Å²) in [5, 5.41) is 18.8. The SMILES string of the molecule is N#Cc1ccc(NC(=O)c2cc3n(n2)[C@H](C(F)(F)F)C[C@H](c2ccc(Cl)c(Cl)c2)N3)cc1. The van der Waals surface area contributed by atoms with Crippen molar-refractivity contribution >= 4 is 40.6 Å². The lowest BCUT2D eigenvalue weighted by atomic mass is 9.97. The standard InChI is InChI=1S/C21H14Cl2F3N5O/c22-14-6-3-12(7-15(14)23)16-8-18(21(24,25)26)31-19(29-16)9-17(30-31)20(32)28-13-4-1-11(10-27)2-5-13/h1-7,9,16,18,29H,8H2,(H,28,32)/t16-,18+/m1/s1. The second-order valence-electron chi connectivity index (χ2n) is 7.17. The highest BCUT2D eigenvalue weighted by atomic mass is 35.5. The van der Waals surface area contributed by atoms with Crippen LogP contribution in [0.2, 0.25) is 10.0 Å². The molecular formula is C21H14Cl2F3N5O. The number of nitriles is 1. The minimum absolute atomic E-state index is 0.0552. The van der Waals surface area contributed by atoms with Gasteiger partial charge in [0.2, 0.25) is 0 Å². The Morgan fingerprint density at radius 1 is 1.16 bits per heavy atom. The predicted octanol–water partition coefficient (Wildman–Crippen LogP) is 5.97. The average molecular weight is 480 g/mol. The highest BCUT2D eigenvalue weighted by Crippen LogP contribution is 2.44. The molecule has 0 fully saturated rings. The van der Waals surface area contributed by atoms with Gasteiger partial charge in [0, 0.05) is 18.2 Å². The van der Waals surface area contributed by atoms with Crippen LogP contribution in [-0.4, -0.2) is 21.9 Å². The van der Waals surface area contributed by atoms with Crippen molar-refractivity contribution in [2.24, 2.45) is 0 Å². The summed E-state index contributed by atoms with van der Waals surface area (Å²) in [4.78, 5) is 12.6. The number of carbonyl (C=O) groups is 1. The second-order valence-corrected chi connectivity index (χ2v) is 7.98. The van der Waals surface area contributed by atoms with Crippen LogP contribution in [-0.2, 0) is 0 Å². The number of halogens is 5. The van der Waals surface area contributed by atoms with Crippen LogP contribution >= 0.6 is 23.2 Å². The number of carbonyl (C=O) groups excluding carboxylic acids is 1. The van der Waals surface area contributed by atoms with E-state index in [4.69, 9.17) is 28.5 Å². The van der Waals surface area contributed by atoms with Crippen LogP contribution in [0.1, 0.15) is 40.1 Å². The summed E-state index contributed by atoms with van der Waals surface area (Å²) in [5.41, 5.74) is 1.14. The van der Waals surface area contributed by atoms with E-state index < -0.39 is 24.2 Å².